The molecule has 1 N–H and O–H groups in total. The lowest BCUT2D eigenvalue weighted by Crippen LogP contribution is -2.52. The van der Waals surface area contributed by atoms with E-state index in [1.807, 2.05) is 27.7 Å². The minimum atomic E-state index is -3.79. The Morgan fingerprint density at radius 3 is 2.23 bits per heavy atom. The van der Waals surface area contributed by atoms with E-state index >= 15 is 0 Å². The van der Waals surface area contributed by atoms with Gasteiger partial charge in [0, 0.05) is 22.6 Å². The highest BCUT2D eigenvalue weighted by molar-refractivity contribution is 7.92. The molecule has 0 aliphatic carbocycles. The third-order valence-electron chi connectivity index (χ3n) is 5.98. The Morgan fingerprint density at radius 2 is 1.69 bits per heavy atom. The van der Waals surface area contributed by atoms with Crippen LogP contribution in [0.2, 0.25) is 10.0 Å². The Morgan fingerprint density at radius 1 is 1.03 bits per heavy atom. The number of sulfonamides is 1. The summed E-state index contributed by atoms with van der Waals surface area (Å²) >= 11 is 12.4. The molecule has 35 heavy (non-hydrogen) atoms. The molecule has 2 aromatic carbocycles. The van der Waals surface area contributed by atoms with Gasteiger partial charge >= 0.3 is 0 Å². The smallest absolute Gasteiger partial charge is 0.244 e. The number of halogens is 2. The Bertz CT molecular complexity index is 1190. The van der Waals surface area contributed by atoms with E-state index < -0.39 is 28.5 Å². The zero-order valence-electron chi connectivity index (χ0n) is 20.9. The van der Waals surface area contributed by atoms with Gasteiger partial charge in [-0.05, 0) is 75.1 Å². The summed E-state index contributed by atoms with van der Waals surface area (Å²) in [6, 6.07) is 9.13. The molecule has 0 heterocycles. The molecule has 0 saturated heterocycles. The predicted molar refractivity (Wildman–Crippen MR) is 142 cm³/mol. The number of aryl methyl sites for hydroxylation is 2. The maximum atomic E-state index is 13.6. The van der Waals surface area contributed by atoms with Crippen molar-refractivity contribution in [3.8, 4) is 0 Å². The number of nitrogens with one attached hydrogen (secondary N) is 1. The van der Waals surface area contributed by atoms with Gasteiger partial charge in [-0.15, -0.1) is 0 Å². The van der Waals surface area contributed by atoms with Gasteiger partial charge in [-0.1, -0.05) is 42.3 Å². The van der Waals surface area contributed by atoms with E-state index in [9.17, 15) is 18.0 Å². The number of amides is 2. The maximum absolute atomic E-state index is 13.6. The molecule has 2 aromatic rings. The third-order valence-corrected chi connectivity index (χ3v) is 7.71. The quantitative estimate of drug-likeness (QED) is 0.471. The number of nitrogens with zero attached hydrogens (tertiary/aromatic N) is 2. The molecule has 0 radical (unpaired) electrons. The molecular weight excluding hydrogens is 509 g/mol. The van der Waals surface area contributed by atoms with Crippen LogP contribution in [0.15, 0.2) is 36.4 Å². The second kappa shape index (κ2) is 12.1. The molecule has 0 unspecified atom stereocenters. The van der Waals surface area contributed by atoms with Gasteiger partial charge in [-0.3, -0.25) is 13.9 Å². The van der Waals surface area contributed by atoms with Crippen molar-refractivity contribution in [3.63, 3.8) is 0 Å². The van der Waals surface area contributed by atoms with Crippen molar-refractivity contribution in [2.75, 3.05) is 17.1 Å². The van der Waals surface area contributed by atoms with Gasteiger partial charge in [-0.25, -0.2) is 8.42 Å². The zero-order chi connectivity index (χ0) is 26.5. The lowest BCUT2D eigenvalue weighted by Gasteiger charge is -2.32. The van der Waals surface area contributed by atoms with Crippen LogP contribution in [-0.4, -0.2) is 50.0 Å². The number of hydrogen-bond acceptors (Lipinski definition) is 4. The molecule has 0 fully saturated rings. The Kier molecular flexibility index (Phi) is 10.0. The van der Waals surface area contributed by atoms with Crippen molar-refractivity contribution in [2.24, 2.45) is 0 Å². The Balaban J connectivity index is 2.44. The van der Waals surface area contributed by atoms with Crippen LogP contribution in [0.5, 0.6) is 0 Å². The molecule has 7 nitrogen and oxygen atoms in total. The van der Waals surface area contributed by atoms with E-state index in [-0.39, 0.29) is 18.5 Å². The summed E-state index contributed by atoms with van der Waals surface area (Å²) in [5.74, 6) is -0.874. The highest BCUT2D eigenvalue weighted by Gasteiger charge is 2.31. The average Bonchev–Trinajstić information content (AvgIpc) is 2.77. The summed E-state index contributed by atoms with van der Waals surface area (Å²) in [5.41, 5.74) is 2.87. The third kappa shape index (κ3) is 7.85. The molecule has 2 atom stereocenters. The first-order valence-electron chi connectivity index (χ1n) is 11.3. The molecule has 0 aliphatic rings. The minimum Gasteiger partial charge on any atom is -0.352 e. The van der Waals surface area contributed by atoms with Crippen LogP contribution in [0, 0.1) is 13.8 Å². The van der Waals surface area contributed by atoms with E-state index in [0.29, 0.717) is 21.3 Å². The first-order valence-corrected chi connectivity index (χ1v) is 13.9. The highest BCUT2D eigenvalue weighted by atomic mass is 35.5. The Labute approximate surface area is 218 Å². The van der Waals surface area contributed by atoms with Crippen LogP contribution in [0.1, 0.15) is 43.9 Å². The number of carbonyl (C=O) groups is 2. The van der Waals surface area contributed by atoms with Gasteiger partial charge in [0.25, 0.3) is 0 Å². The molecular formula is C25H33Cl2N3O4S. The molecule has 2 amide bonds. The molecule has 0 spiro atoms. The van der Waals surface area contributed by atoms with E-state index in [4.69, 9.17) is 23.2 Å². The first-order chi connectivity index (χ1) is 16.2. The van der Waals surface area contributed by atoms with Gasteiger partial charge < -0.3 is 10.2 Å². The maximum Gasteiger partial charge on any atom is 0.244 e. The van der Waals surface area contributed by atoms with Crippen molar-refractivity contribution in [1.82, 2.24) is 10.2 Å². The molecule has 10 heteroatoms. The zero-order valence-corrected chi connectivity index (χ0v) is 23.3. The van der Waals surface area contributed by atoms with Crippen LogP contribution in [0.3, 0.4) is 0 Å². The SMILES string of the molecule is CC[C@@H](C)NC(=O)[C@H](C)N(Cc1ccc(Cl)cc1Cl)C(=O)CN(c1ccc(C)c(C)c1)S(C)(=O)=O. The van der Waals surface area contributed by atoms with Crippen molar-refractivity contribution in [2.45, 2.75) is 59.7 Å². The van der Waals surface area contributed by atoms with Crippen molar-refractivity contribution < 1.29 is 18.0 Å². The van der Waals surface area contributed by atoms with Crippen molar-refractivity contribution in [3.05, 3.63) is 63.1 Å². The van der Waals surface area contributed by atoms with Crippen LogP contribution in [-0.2, 0) is 26.2 Å². The second-order valence-corrected chi connectivity index (χ2v) is 11.5. The molecule has 0 aromatic heterocycles. The predicted octanol–water partition coefficient (Wildman–Crippen LogP) is 4.71. The monoisotopic (exact) mass is 541 g/mol. The summed E-state index contributed by atoms with van der Waals surface area (Å²) in [6.45, 7) is 8.77. The molecule has 0 saturated carbocycles. The summed E-state index contributed by atoms with van der Waals surface area (Å²) in [7, 11) is -3.79. The molecule has 192 valence electrons. The van der Waals surface area contributed by atoms with Crippen LogP contribution in [0.4, 0.5) is 5.69 Å². The van der Waals surface area contributed by atoms with Gasteiger partial charge in [-0.2, -0.15) is 0 Å². The fourth-order valence-electron chi connectivity index (χ4n) is 3.38. The lowest BCUT2D eigenvalue weighted by molar-refractivity contribution is -0.139. The number of carbonyl (C=O) groups excluding carboxylic acids is 2. The van der Waals surface area contributed by atoms with Gasteiger partial charge in [0.15, 0.2) is 0 Å². The van der Waals surface area contributed by atoms with Gasteiger partial charge in [0.1, 0.15) is 12.6 Å². The fourth-order valence-corrected chi connectivity index (χ4v) is 4.69. The van der Waals surface area contributed by atoms with Crippen molar-refractivity contribution >= 4 is 50.7 Å². The minimum absolute atomic E-state index is 0.00839. The largest absolute Gasteiger partial charge is 0.352 e. The lowest BCUT2D eigenvalue weighted by atomic mass is 10.1. The average molecular weight is 543 g/mol. The van der Waals surface area contributed by atoms with E-state index in [2.05, 4.69) is 5.32 Å². The number of anilines is 1. The van der Waals surface area contributed by atoms with E-state index in [1.165, 1.54) is 4.90 Å². The van der Waals surface area contributed by atoms with Gasteiger partial charge in [0.2, 0.25) is 21.8 Å². The van der Waals surface area contributed by atoms with Crippen molar-refractivity contribution in [1.29, 1.82) is 0 Å². The van der Waals surface area contributed by atoms with Crippen LogP contribution in [0.25, 0.3) is 0 Å². The van der Waals surface area contributed by atoms with Crippen LogP contribution < -0.4 is 9.62 Å². The fraction of sp³-hybridized carbons (Fsp3) is 0.440. The van der Waals surface area contributed by atoms with Crippen LogP contribution >= 0.6 is 23.2 Å². The first kappa shape index (κ1) is 28.9. The van der Waals surface area contributed by atoms with E-state index in [0.717, 1.165) is 28.1 Å². The number of benzene rings is 2. The standard InChI is InChI=1S/C25H33Cl2N3O4S/c1-7-18(4)28-25(32)19(5)29(14-20-9-10-21(26)13-23(20)27)24(31)15-30(35(6,33)34)22-11-8-16(2)17(3)12-22/h8-13,18-19H,7,14-15H2,1-6H3,(H,28,32)/t18-,19+/m1/s1. The van der Waals surface area contributed by atoms with E-state index in [1.54, 1.807) is 43.3 Å². The normalized spacial score (nSPS) is 13.1. The highest BCUT2D eigenvalue weighted by Crippen LogP contribution is 2.25. The summed E-state index contributed by atoms with van der Waals surface area (Å²) in [4.78, 5) is 27.9. The number of rotatable bonds is 10. The molecule has 0 aliphatic heterocycles. The second-order valence-electron chi connectivity index (χ2n) is 8.79. The summed E-state index contributed by atoms with van der Waals surface area (Å²) < 4.78 is 26.4. The van der Waals surface area contributed by atoms with Gasteiger partial charge in [0.05, 0.1) is 11.9 Å². The molecule has 0 bridgehead atoms. The topological polar surface area (TPSA) is 86.8 Å². The summed E-state index contributed by atoms with van der Waals surface area (Å²) in [6.07, 6.45) is 1.78. The number of hydrogen-bond donors (Lipinski definition) is 1. The summed E-state index contributed by atoms with van der Waals surface area (Å²) in [5, 5.41) is 3.67. The molecule has 2 rings (SSSR count). The Hall–Kier alpha value is -2.29.